The van der Waals surface area contributed by atoms with Crippen LogP contribution in [0.15, 0.2) is 41.3 Å². The second kappa shape index (κ2) is 7.19. The number of halogens is 2. The number of carbonyl (C=O) groups excluding carboxylic acids is 1. The zero-order valence-corrected chi connectivity index (χ0v) is 14.5. The van der Waals surface area contributed by atoms with Gasteiger partial charge in [0.2, 0.25) is 0 Å². The standard InChI is InChI=1S/C16H15ClFNO4S/c1-3-23-16(20)13-6-5-12(9-14(13)17)19-24(21,22)15-7-4-11(18)8-10(15)2/h4-9,19H,3H2,1-2H3. The molecule has 1 N–H and O–H groups in total. The molecule has 0 bridgehead atoms. The smallest absolute Gasteiger partial charge is 0.339 e. The first-order valence-electron chi connectivity index (χ1n) is 7.00. The fourth-order valence-electron chi connectivity index (χ4n) is 2.08. The van der Waals surface area contributed by atoms with E-state index in [-0.39, 0.29) is 33.3 Å². The molecule has 0 spiro atoms. The highest BCUT2D eigenvalue weighted by Gasteiger charge is 2.19. The quantitative estimate of drug-likeness (QED) is 0.812. The molecule has 2 rings (SSSR count). The van der Waals surface area contributed by atoms with Crippen LogP contribution in [0.1, 0.15) is 22.8 Å². The van der Waals surface area contributed by atoms with Crippen molar-refractivity contribution in [3.8, 4) is 0 Å². The van der Waals surface area contributed by atoms with Crippen molar-refractivity contribution < 1.29 is 22.3 Å². The summed E-state index contributed by atoms with van der Waals surface area (Å²) in [7, 11) is -3.91. The van der Waals surface area contributed by atoms with Gasteiger partial charge in [0.15, 0.2) is 0 Å². The van der Waals surface area contributed by atoms with E-state index in [1.807, 2.05) is 0 Å². The van der Waals surface area contributed by atoms with Crippen molar-refractivity contribution >= 4 is 33.3 Å². The van der Waals surface area contributed by atoms with Crippen LogP contribution in [0.5, 0.6) is 0 Å². The number of esters is 1. The molecule has 0 aromatic heterocycles. The minimum Gasteiger partial charge on any atom is -0.462 e. The van der Waals surface area contributed by atoms with Gasteiger partial charge in [-0.05, 0) is 55.8 Å². The van der Waals surface area contributed by atoms with Crippen molar-refractivity contribution in [2.75, 3.05) is 11.3 Å². The number of hydrogen-bond donors (Lipinski definition) is 1. The SMILES string of the molecule is CCOC(=O)c1ccc(NS(=O)(=O)c2ccc(F)cc2C)cc1Cl. The van der Waals surface area contributed by atoms with Gasteiger partial charge >= 0.3 is 5.97 Å². The highest BCUT2D eigenvalue weighted by molar-refractivity contribution is 7.92. The maximum absolute atomic E-state index is 13.1. The van der Waals surface area contributed by atoms with Gasteiger partial charge in [-0.25, -0.2) is 17.6 Å². The highest BCUT2D eigenvalue weighted by Crippen LogP contribution is 2.25. The minimum absolute atomic E-state index is 0.0468. The molecule has 24 heavy (non-hydrogen) atoms. The van der Waals surface area contributed by atoms with Crippen LogP contribution >= 0.6 is 11.6 Å². The molecule has 0 unspecified atom stereocenters. The van der Waals surface area contributed by atoms with Gasteiger partial charge in [-0.15, -0.1) is 0 Å². The van der Waals surface area contributed by atoms with Crippen molar-refractivity contribution in [2.24, 2.45) is 0 Å². The third kappa shape index (κ3) is 4.04. The first-order chi connectivity index (χ1) is 11.2. The van der Waals surface area contributed by atoms with Gasteiger partial charge in [0.05, 0.1) is 27.8 Å². The Morgan fingerprint density at radius 3 is 2.54 bits per heavy atom. The Hall–Kier alpha value is -2.12. The molecule has 0 saturated heterocycles. The molecule has 0 fully saturated rings. The minimum atomic E-state index is -3.91. The number of anilines is 1. The van der Waals surface area contributed by atoms with Crippen molar-refractivity contribution in [1.29, 1.82) is 0 Å². The van der Waals surface area contributed by atoms with Gasteiger partial charge in [-0.2, -0.15) is 0 Å². The van der Waals surface area contributed by atoms with E-state index in [4.69, 9.17) is 16.3 Å². The van der Waals surface area contributed by atoms with Crippen LogP contribution in [0.4, 0.5) is 10.1 Å². The summed E-state index contributed by atoms with van der Waals surface area (Å²) in [6.07, 6.45) is 0. The van der Waals surface area contributed by atoms with Crippen LogP contribution in [0, 0.1) is 12.7 Å². The van der Waals surface area contributed by atoms with Crippen molar-refractivity contribution in [3.63, 3.8) is 0 Å². The third-order valence-corrected chi connectivity index (χ3v) is 5.00. The van der Waals surface area contributed by atoms with Gasteiger partial charge in [0.25, 0.3) is 10.0 Å². The molecule has 2 aromatic carbocycles. The summed E-state index contributed by atoms with van der Waals surface area (Å²) in [5.41, 5.74) is 0.591. The Bertz CT molecular complexity index is 884. The van der Waals surface area contributed by atoms with Crippen LogP contribution < -0.4 is 4.72 Å². The Morgan fingerprint density at radius 1 is 1.25 bits per heavy atom. The number of sulfonamides is 1. The molecule has 0 heterocycles. The maximum atomic E-state index is 13.1. The number of rotatable bonds is 5. The molecule has 0 aliphatic heterocycles. The van der Waals surface area contributed by atoms with E-state index in [1.54, 1.807) is 6.92 Å². The molecule has 0 saturated carbocycles. The summed E-state index contributed by atoms with van der Waals surface area (Å²) in [4.78, 5) is 11.6. The Labute approximate surface area is 144 Å². The molecule has 8 heteroatoms. The fraction of sp³-hybridized carbons (Fsp3) is 0.188. The van der Waals surface area contributed by atoms with Gasteiger partial charge in [-0.1, -0.05) is 11.6 Å². The summed E-state index contributed by atoms with van der Waals surface area (Å²) in [5, 5.41) is 0.0597. The highest BCUT2D eigenvalue weighted by atomic mass is 35.5. The van der Waals surface area contributed by atoms with Gasteiger partial charge in [-0.3, -0.25) is 4.72 Å². The molecule has 0 amide bonds. The van der Waals surface area contributed by atoms with Crippen LogP contribution in [-0.2, 0) is 14.8 Å². The van der Waals surface area contributed by atoms with Gasteiger partial charge < -0.3 is 4.74 Å². The van der Waals surface area contributed by atoms with E-state index in [0.717, 1.165) is 12.1 Å². The van der Waals surface area contributed by atoms with Gasteiger partial charge in [0.1, 0.15) is 5.82 Å². The number of carbonyl (C=O) groups is 1. The zero-order valence-electron chi connectivity index (χ0n) is 13.0. The molecule has 5 nitrogen and oxygen atoms in total. The maximum Gasteiger partial charge on any atom is 0.339 e. The van der Waals surface area contributed by atoms with Crippen molar-refractivity contribution in [3.05, 3.63) is 58.4 Å². The van der Waals surface area contributed by atoms with E-state index in [2.05, 4.69) is 4.72 Å². The lowest BCUT2D eigenvalue weighted by Crippen LogP contribution is -2.15. The molecule has 0 aliphatic carbocycles. The molecule has 2 aromatic rings. The first kappa shape index (κ1) is 18.2. The number of hydrogen-bond acceptors (Lipinski definition) is 4. The zero-order chi connectivity index (χ0) is 17.9. The van der Waals surface area contributed by atoms with Crippen molar-refractivity contribution in [1.82, 2.24) is 0 Å². The topological polar surface area (TPSA) is 72.5 Å². The predicted molar refractivity (Wildman–Crippen MR) is 89.4 cm³/mol. The lowest BCUT2D eigenvalue weighted by atomic mass is 10.2. The average Bonchev–Trinajstić information content (AvgIpc) is 2.46. The Kier molecular flexibility index (Phi) is 5.46. The van der Waals surface area contributed by atoms with E-state index in [0.29, 0.717) is 0 Å². The lowest BCUT2D eigenvalue weighted by molar-refractivity contribution is 0.0526. The normalized spacial score (nSPS) is 11.2. The molecule has 128 valence electrons. The van der Waals surface area contributed by atoms with E-state index in [1.165, 1.54) is 31.2 Å². The third-order valence-electron chi connectivity index (χ3n) is 3.14. The van der Waals surface area contributed by atoms with Crippen molar-refractivity contribution in [2.45, 2.75) is 18.7 Å². The van der Waals surface area contributed by atoms with Crippen LogP contribution in [-0.4, -0.2) is 21.0 Å². The summed E-state index contributed by atoms with van der Waals surface area (Å²) < 4.78 is 45.1. The summed E-state index contributed by atoms with van der Waals surface area (Å²) in [6.45, 7) is 3.36. The lowest BCUT2D eigenvalue weighted by Gasteiger charge is -2.12. The second-order valence-corrected chi connectivity index (χ2v) is 6.99. The average molecular weight is 372 g/mol. The molecule has 0 radical (unpaired) electrons. The summed E-state index contributed by atoms with van der Waals surface area (Å²) in [5.74, 6) is -1.11. The second-order valence-electron chi connectivity index (χ2n) is 4.93. The van der Waals surface area contributed by atoms with E-state index >= 15 is 0 Å². The Balaban J connectivity index is 2.30. The molecule has 0 aliphatic rings. The first-order valence-corrected chi connectivity index (χ1v) is 8.86. The van der Waals surface area contributed by atoms with Crippen LogP contribution in [0.3, 0.4) is 0 Å². The van der Waals surface area contributed by atoms with E-state index < -0.39 is 21.8 Å². The van der Waals surface area contributed by atoms with Gasteiger partial charge in [0, 0.05) is 0 Å². The van der Waals surface area contributed by atoms with Crippen LogP contribution in [0.2, 0.25) is 5.02 Å². The number of nitrogens with one attached hydrogen (secondary N) is 1. The number of benzene rings is 2. The largest absolute Gasteiger partial charge is 0.462 e. The summed E-state index contributed by atoms with van der Waals surface area (Å²) in [6, 6.07) is 7.46. The molecular formula is C16H15ClFNO4S. The predicted octanol–water partition coefficient (Wildman–Crippen LogP) is 3.77. The monoisotopic (exact) mass is 371 g/mol. The molecule has 0 atom stereocenters. The number of aryl methyl sites for hydroxylation is 1. The summed E-state index contributed by atoms with van der Waals surface area (Å²) >= 11 is 6.00. The fourth-order valence-corrected chi connectivity index (χ4v) is 3.61. The Morgan fingerprint density at radius 2 is 1.96 bits per heavy atom. The van der Waals surface area contributed by atoms with E-state index in [9.17, 15) is 17.6 Å². The van der Waals surface area contributed by atoms with Crippen LogP contribution in [0.25, 0.3) is 0 Å². The number of ether oxygens (including phenoxy) is 1. The molecular weight excluding hydrogens is 357 g/mol.